The molecule has 3 aliphatic heterocycles. The molecule has 0 spiro atoms. The molecule has 5 heterocycles. The summed E-state index contributed by atoms with van der Waals surface area (Å²) in [5.41, 5.74) is 3.19. The van der Waals surface area contributed by atoms with Crippen molar-refractivity contribution in [3.63, 3.8) is 0 Å². The average Bonchev–Trinajstić information content (AvgIpc) is 3.81. The third kappa shape index (κ3) is 9.65. The molecular weight excluding hydrogens is 858 g/mol. The molecule has 3 aromatic rings. The van der Waals surface area contributed by atoms with E-state index >= 15 is 0 Å². The van der Waals surface area contributed by atoms with Crippen LogP contribution in [0.1, 0.15) is 78.4 Å². The molecule has 3 N–H and O–H groups in total. The molecule has 0 saturated heterocycles. The number of allylic oxidation sites excluding steroid dienone is 2. The summed E-state index contributed by atoms with van der Waals surface area (Å²) in [4.78, 5) is 77.1. The van der Waals surface area contributed by atoms with Gasteiger partial charge < -0.3 is 29.5 Å². The second-order valence-electron chi connectivity index (χ2n) is 15.6. The van der Waals surface area contributed by atoms with E-state index in [9.17, 15) is 37.1 Å². The first-order chi connectivity index (χ1) is 31.4. The predicted molar refractivity (Wildman–Crippen MR) is 241 cm³/mol. The number of hydrogen-bond donors (Lipinski definition) is 3. The number of rotatable bonds is 18. The number of alkyl halides is 3. The van der Waals surface area contributed by atoms with E-state index in [4.69, 9.17) is 14.2 Å². The van der Waals surface area contributed by atoms with Crippen molar-refractivity contribution in [2.45, 2.75) is 72.1 Å². The van der Waals surface area contributed by atoms with Crippen LogP contribution < -0.4 is 16.0 Å². The molecule has 0 radical (unpaired) electrons. The number of halogens is 3. The van der Waals surface area contributed by atoms with E-state index in [1.54, 1.807) is 45.9 Å². The van der Waals surface area contributed by atoms with E-state index in [0.29, 0.717) is 66.7 Å². The highest BCUT2D eigenvalue weighted by Crippen LogP contribution is 2.52. The van der Waals surface area contributed by atoms with Crippen LogP contribution in [0.2, 0.25) is 0 Å². The van der Waals surface area contributed by atoms with Crippen molar-refractivity contribution in [3.05, 3.63) is 141 Å². The van der Waals surface area contributed by atoms with Crippen molar-refractivity contribution < 1.29 is 51.4 Å². The number of aliphatic imine (C=N–C) groups is 1. The molecule has 0 unspecified atom stereocenters. The molecule has 17 heteroatoms. The van der Waals surface area contributed by atoms with Gasteiger partial charge in [-0.2, -0.15) is 13.2 Å². The number of nitrogens with zero attached hydrogens (tertiary/aromatic N) is 3. The number of carbonyl (C=O) groups is 5. The third-order valence-corrected chi connectivity index (χ3v) is 11.5. The van der Waals surface area contributed by atoms with Crippen molar-refractivity contribution in [2.75, 3.05) is 19.8 Å². The zero-order valence-corrected chi connectivity index (χ0v) is 37.2. The maximum absolute atomic E-state index is 13.9. The zero-order valence-electron chi connectivity index (χ0n) is 37.2. The van der Waals surface area contributed by atoms with Crippen molar-refractivity contribution in [2.24, 2.45) is 21.1 Å². The van der Waals surface area contributed by atoms with E-state index in [2.05, 4.69) is 50.2 Å². The Kier molecular flexibility index (Phi) is 14.4. The lowest BCUT2D eigenvalue weighted by molar-refractivity contribution is -0.166. The predicted octanol–water partition coefficient (Wildman–Crippen LogP) is 6.68. The number of esters is 3. The Morgan fingerprint density at radius 2 is 1.41 bits per heavy atom. The number of H-pyrrole nitrogens is 2. The smallest absolute Gasteiger partial charge is 0.442 e. The van der Waals surface area contributed by atoms with E-state index in [1.807, 2.05) is 6.92 Å². The lowest BCUT2D eigenvalue weighted by Gasteiger charge is -2.15. The Morgan fingerprint density at radius 1 is 0.818 bits per heavy atom. The highest BCUT2D eigenvalue weighted by Gasteiger charge is 2.65. The number of amides is 2. The minimum atomic E-state index is -4.70. The molecule has 2 aromatic heterocycles. The number of hydrogen-bond acceptors (Lipinski definition) is 10. The van der Waals surface area contributed by atoms with Gasteiger partial charge in [-0.3, -0.25) is 19.2 Å². The topological polar surface area (TPSA) is 194 Å². The van der Waals surface area contributed by atoms with Crippen LogP contribution in [0.25, 0.3) is 23.3 Å². The molecule has 1 aromatic carbocycles. The number of benzene rings is 1. The molecule has 3 aliphatic rings. The molecule has 6 rings (SSSR count). The van der Waals surface area contributed by atoms with Crippen LogP contribution in [0, 0.1) is 19.8 Å². The van der Waals surface area contributed by atoms with Gasteiger partial charge in [0, 0.05) is 40.8 Å². The maximum Gasteiger partial charge on any atom is 0.442 e. The first-order valence-electron chi connectivity index (χ1n) is 21.0. The molecule has 344 valence electrons. The minimum Gasteiger partial charge on any atom is -0.461 e. The van der Waals surface area contributed by atoms with Crippen LogP contribution in [0.5, 0.6) is 0 Å². The van der Waals surface area contributed by atoms with E-state index < -0.39 is 47.5 Å². The third-order valence-electron chi connectivity index (χ3n) is 11.5. The number of aromatic nitrogens is 2. The monoisotopic (exact) mass is 906 g/mol. The Morgan fingerprint density at radius 3 is 1.97 bits per heavy atom. The molecule has 1 atom stereocenters. The largest absolute Gasteiger partial charge is 0.461 e. The fourth-order valence-electron chi connectivity index (χ4n) is 7.92. The van der Waals surface area contributed by atoms with Crippen molar-refractivity contribution in [3.8, 4) is 0 Å². The molecule has 0 bridgehead atoms. The van der Waals surface area contributed by atoms with E-state index in [1.165, 1.54) is 42.5 Å². The summed E-state index contributed by atoms with van der Waals surface area (Å²) in [5.74, 6) is -3.24. The molecule has 0 aliphatic carbocycles. The number of carbonyl (C=O) groups excluding carboxylic acids is 5. The van der Waals surface area contributed by atoms with Crippen LogP contribution in [0.15, 0.2) is 100 Å². The van der Waals surface area contributed by atoms with Crippen molar-refractivity contribution >= 4 is 58.7 Å². The van der Waals surface area contributed by atoms with Gasteiger partial charge in [-0.1, -0.05) is 68.3 Å². The number of nitrogens with one attached hydrogen (secondary N) is 3. The lowest BCUT2D eigenvalue weighted by atomic mass is 9.94. The summed E-state index contributed by atoms with van der Waals surface area (Å²) < 4.78 is 57.1. The summed E-state index contributed by atoms with van der Waals surface area (Å²) in [7, 11) is 0. The fourth-order valence-corrected chi connectivity index (χ4v) is 7.92. The van der Waals surface area contributed by atoms with E-state index in [0.717, 1.165) is 0 Å². The fraction of sp³-hybridized carbons (Fsp3) is 0.306. The van der Waals surface area contributed by atoms with Crippen molar-refractivity contribution in [1.29, 1.82) is 0 Å². The van der Waals surface area contributed by atoms with Crippen molar-refractivity contribution in [1.82, 2.24) is 15.3 Å². The average molecular weight is 907 g/mol. The van der Waals surface area contributed by atoms with Gasteiger partial charge in [0.15, 0.2) is 0 Å². The highest BCUT2D eigenvalue weighted by molar-refractivity contribution is 6.48. The standard InChI is InChI=1S/C49H49F3N6O8/c1-9-21-64-39(59)19-17-33-26(5)35(24-36-29(8)41(46(62)55-36)30-13-15-31(16-14-30)48(57-58-48)49(50,51)52)53-37(33)25-38-34(18-20-40(60)65-22-10-2)27(6)43(54-38)42(47(63)66-23-11-3)44-32(12-4)28(7)45(61)56-44/h9-16,24-25,28,53-54H,1-3,17-23H2,4-8H3,(H,55,62)/b32-12+,36-24-,38-25-,43-42-/t28-/m1/s1. The SMILES string of the molecule is C=CCOC(=O)CCc1c(/C=c2\[nH]/c(=C(\C(=O)OCC=C)C3=NC(=O)[C@H](C)/C3=C\C)c(C)c2CCC(=O)OCC=C)[nH]c(/C=C2\NC(=O)C(c3ccc(C4(C(F)(F)F)N=N4)cc3)=C2C)c1C. The molecule has 2 amide bonds. The van der Waals surface area contributed by atoms with Crippen LogP contribution in [0.3, 0.4) is 0 Å². The maximum atomic E-state index is 13.9. The minimum absolute atomic E-state index is 0.00985. The number of aromatic amines is 2. The van der Waals surface area contributed by atoms with E-state index in [-0.39, 0.29) is 67.9 Å². The van der Waals surface area contributed by atoms with Gasteiger partial charge in [0.05, 0.1) is 22.6 Å². The summed E-state index contributed by atoms with van der Waals surface area (Å²) >= 11 is 0. The second kappa shape index (κ2) is 19.8. The Balaban J connectivity index is 1.52. The van der Waals surface area contributed by atoms with Gasteiger partial charge in [-0.05, 0) is 98.6 Å². The summed E-state index contributed by atoms with van der Waals surface area (Å²) in [6, 6.07) is 5.35. The molecular formula is C49H49F3N6O8. The van der Waals surface area contributed by atoms with Crippen LogP contribution in [0.4, 0.5) is 13.2 Å². The zero-order chi connectivity index (χ0) is 48.1. The first-order valence-corrected chi connectivity index (χ1v) is 21.0. The summed E-state index contributed by atoms with van der Waals surface area (Å²) in [6.45, 7) is 19.5. The Labute approximate surface area is 378 Å². The first kappa shape index (κ1) is 48.0. The van der Waals surface area contributed by atoms with Gasteiger partial charge in [-0.25, -0.2) is 9.79 Å². The Bertz CT molecular complexity index is 2830. The van der Waals surface area contributed by atoms with Gasteiger partial charge in [-0.15, -0.1) is 10.2 Å². The van der Waals surface area contributed by atoms with Gasteiger partial charge >= 0.3 is 29.7 Å². The highest BCUT2D eigenvalue weighted by atomic mass is 19.4. The Hall–Kier alpha value is -7.43. The van der Waals surface area contributed by atoms with Crippen LogP contribution in [-0.4, -0.2) is 71.4 Å². The van der Waals surface area contributed by atoms with Gasteiger partial charge in [0.2, 0.25) is 0 Å². The molecule has 14 nitrogen and oxygen atoms in total. The lowest BCUT2D eigenvalue weighted by Crippen LogP contribution is -2.30. The molecule has 0 fully saturated rings. The summed E-state index contributed by atoms with van der Waals surface area (Å²) in [5, 5.41) is 10.2. The van der Waals surface area contributed by atoms with Gasteiger partial charge in [0.1, 0.15) is 25.4 Å². The van der Waals surface area contributed by atoms with Crippen LogP contribution in [-0.2, 0) is 56.7 Å². The second-order valence-corrected chi connectivity index (χ2v) is 15.6. The van der Waals surface area contributed by atoms with Gasteiger partial charge in [0.25, 0.3) is 11.8 Å². The summed E-state index contributed by atoms with van der Waals surface area (Å²) in [6.07, 6.45) is 5.13. The van der Waals surface area contributed by atoms with Crippen LogP contribution >= 0.6 is 0 Å². The number of ether oxygens (including phenoxy) is 3. The quantitative estimate of drug-likeness (QED) is 0.0715. The molecule has 66 heavy (non-hydrogen) atoms. The molecule has 0 saturated carbocycles. The normalized spacial score (nSPS) is 18.4.